The van der Waals surface area contributed by atoms with Crippen molar-refractivity contribution in [1.29, 1.82) is 0 Å². The largest absolute Gasteiger partial charge is 0.497 e. The van der Waals surface area contributed by atoms with Crippen molar-refractivity contribution >= 4 is 17.2 Å². The van der Waals surface area contributed by atoms with Crippen LogP contribution in [0.1, 0.15) is 22.4 Å². The number of carbonyl (C=O) groups is 1. The quantitative estimate of drug-likeness (QED) is 0.776. The second-order valence-corrected chi connectivity index (χ2v) is 6.50. The molecule has 1 aromatic carbocycles. The Morgan fingerprint density at radius 1 is 1.17 bits per heavy atom. The molecule has 0 saturated heterocycles. The molecule has 0 aliphatic rings. The summed E-state index contributed by atoms with van der Waals surface area (Å²) in [4.78, 5) is 15.4. The third-order valence-corrected chi connectivity index (χ3v) is 4.82. The van der Waals surface area contributed by atoms with Crippen LogP contribution in [0.3, 0.4) is 0 Å². The Hall–Kier alpha value is -2.01. The first-order valence-corrected chi connectivity index (χ1v) is 8.40. The maximum atomic E-state index is 12.3. The van der Waals surface area contributed by atoms with Gasteiger partial charge >= 0.3 is 0 Å². The predicted octanol–water partition coefficient (Wildman–Crippen LogP) is 3.66. The Labute approximate surface area is 141 Å². The van der Waals surface area contributed by atoms with E-state index in [2.05, 4.69) is 18.4 Å². The zero-order chi connectivity index (χ0) is 16.8. The Bertz CT molecular complexity index is 644. The number of methoxy groups -OCH3 is 2. The highest BCUT2D eigenvalue weighted by atomic mass is 32.1. The smallest absolute Gasteiger partial charge is 0.222 e. The van der Waals surface area contributed by atoms with Gasteiger partial charge in [-0.15, -0.1) is 11.3 Å². The average molecular weight is 333 g/mol. The van der Waals surface area contributed by atoms with E-state index in [9.17, 15) is 4.79 Å². The van der Waals surface area contributed by atoms with Crippen LogP contribution in [0.15, 0.2) is 29.6 Å². The van der Waals surface area contributed by atoms with Crippen molar-refractivity contribution in [3.8, 4) is 11.5 Å². The van der Waals surface area contributed by atoms with Gasteiger partial charge in [0.2, 0.25) is 5.91 Å². The molecule has 1 heterocycles. The summed E-state index contributed by atoms with van der Waals surface area (Å²) in [7, 11) is 5.11. The second kappa shape index (κ2) is 8.02. The number of thiophene rings is 1. The third kappa shape index (κ3) is 4.73. The van der Waals surface area contributed by atoms with Gasteiger partial charge in [0.05, 0.1) is 20.8 Å². The lowest BCUT2D eigenvalue weighted by Crippen LogP contribution is -2.26. The van der Waals surface area contributed by atoms with E-state index >= 15 is 0 Å². The van der Waals surface area contributed by atoms with Crippen LogP contribution in [0.4, 0.5) is 0 Å². The molecule has 4 nitrogen and oxygen atoms in total. The molecule has 124 valence electrons. The molecule has 0 saturated carbocycles. The Morgan fingerprint density at radius 2 is 1.83 bits per heavy atom. The lowest BCUT2D eigenvalue weighted by Gasteiger charge is -2.17. The van der Waals surface area contributed by atoms with Gasteiger partial charge in [0.25, 0.3) is 0 Å². The van der Waals surface area contributed by atoms with E-state index in [0.717, 1.165) is 17.1 Å². The molecule has 0 N–H and O–H groups in total. The Kier molecular flexibility index (Phi) is 6.04. The van der Waals surface area contributed by atoms with Gasteiger partial charge in [-0.2, -0.15) is 0 Å². The summed E-state index contributed by atoms with van der Waals surface area (Å²) in [5.74, 6) is 1.63. The molecule has 0 spiro atoms. The summed E-state index contributed by atoms with van der Waals surface area (Å²) in [5, 5.41) is 2.06. The van der Waals surface area contributed by atoms with Gasteiger partial charge in [-0.05, 0) is 48.1 Å². The monoisotopic (exact) mass is 333 g/mol. The molecule has 2 aromatic rings. The molecular formula is C18H23NO3S. The summed E-state index contributed by atoms with van der Waals surface area (Å²) in [6.07, 6.45) is 1.14. The van der Waals surface area contributed by atoms with Crippen molar-refractivity contribution in [3.63, 3.8) is 0 Å². The highest BCUT2D eigenvalue weighted by molar-refractivity contribution is 7.10. The maximum Gasteiger partial charge on any atom is 0.222 e. The summed E-state index contributed by atoms with van der Waals surface area (Å²) in [5.41, 5.74) is 2.28. The van der Waals surface area contributed by atoms with Gasteiger partial charge < -0.3 is 14.4 Å². The zero-order valence-corrected chi connectivity index (χ0v) is 14.9. The number of nitrogens with zero attached hydrogens (tertiary/aromatic N) is 1. The minimum absolute atomic E-state index is 0.139. The number of amides is 1. The van der Waals surface area contributed by atoms with Crippen LogP contribution in [-0.2, 0) is 17.8 Å². The van der Waals surface area contributed by atoms with Gasteiger partial charge in [-0.25, -0.2) is 0 Å². The van der Waals surface area contributed by atoms with E-state index in [1.54, 1.807) is 30.5 Å². The number of aryl methyl sites for hydroxylation is 2. The standard InChI is InChI=1S/C18H23NO3S/c1-13-7-8-23-17(13)12-19(2)18(20)6-5-14-9-15(21-3)11-16(10-14)22-4/h7-11H,5-6,12H2,1-4H3. The molecule has 1 aromatic heterocycles. The third-order valence-electron chi connectivity index (χ3n) is 3.81. The van der Waals surface area contributed by atoms with Gasteiger partial charge in [0.15, 0.2) is 0 Å². The van der Waals surface area contributed by atoms with Crippen molar-refractivity contribution in [3.05, 3.63) is 45.6 Å². The van der Waals surface area contributed by atoms with Crippen molar-refractivity contribution in [2.24, 2.45) is 0 Å². The highest BCUT2D eigenvalue weighted by Gasteiger charge is 2.12. The van der Waals surface area contributed by atoms with Crippen LogP contribution in [0.25, 0.3) is 0 Å². The fourth-order valence-electron chi connectivity index (χ4n) is 2.32. The molecular weight excluding hydrogens is 310 g/mol. The minimum Gasteiger partial charge on any atom is -0.497 e. The average Bonchev–Trinajstić information content (AvgIpc) is 2.96. The van der Waals surface area contributed by atoms with Crippen LogP contribution >= 0.6 is 11.3 Å². The van der Waals surface area contributed by atoms with E-state index in [4.69, 9.17) is 9.47 Å². The summed E-state index contributed by atoms with van der Waals surface area (Å²) in [6.45, 7) is 2.75. The van der Waals surface area contributed by atoms with Gasteiger partial charge in [0, 0.05) is 24.4 Å². The lowest BCUT2D eigenvalue weighted by atomic mass is 10.1. The van der Waals surface area contributed by atoms with E-state index in [-0.39, 0.29) is 5.91 Å². The molecule has 0 atom stereocenters. The normalized spacial score (nSPS) is 10.4. The van der Waals surface area contributed by atoms with E-state index < -0.39 is 0 Å². The number of hydrogen-bond donors (Lipinski definition) is 0. The number of rotatable bonds is 7. The molecule has 0 aliphatic heterocycles. The first kappa shape index (κ1) is 17.3. The highest BCUT2D eigenvalue weighted by Crippen LogP contribution is 2.23. The van der Waals surface area contributed by atoms with Crippen LogP contribution in [0.2, 0.25) is 0 Å². The lowest BCUT2D eigenvalue weighted by molar-refractivity contribution is -0.130. The minimum atomic E-state index is 0.139. The molecule has 0 aliphatic carbocycles. The van der Waals surface area contributed by atoms with Gasteiger partial charge in [-0.3, -0.25) is 4.79 Å². The van der Waals surface area contributed by atoms with Crippen molar-refractivity contribution in [1.82, 2.24) is 4.90 Å². The summed E-state index contributed by atoms with van der Waals surface area (Å²) in [6, 6.07) is 7.80. The van der Waals surface area contributed by atoms with Crippen LogP contribution in [0.5, 0.6) is 11.5 Å². The Morgan fingerprint density at radius 3 is 2.35 bits per heavy atom. The molecule has 5 heteroatoms. The van der Waals surface area contributed by atoms with Crippen molar-refractivity contribution < 1.29 is 14.3 Å². The molecule has 23 heavy (non-hydrogen) atoms. The van der Waals surface area contributed by atoms with Gasteiger partial charge in [0.1, 0.15) is 11.5 Å². The number of carbonyl (C=O) groups excluding carboxylic acids is 1. The summed E-state index contributed by atoms with van der Waals surface area (Å²) >= 11 is 1.69. The number of benzene rings is 1. The molecule has 0 fully saturated rings. The van der Waals surface area contributed by atoms with Gasteiger partial charge in [-0.1, -0.05) is 0 Å². The van der Waals surface area contributed by atoms with Crippen LogP contribution in [-0.4, -0.2) is 32.1 Å². The molecule has 1 amide bonds. The topological polar surface area (TPSA) is 38.8 Å². The van der Waals surface area contributed by atoms with Crippen LogP contribution < -0.4 is 9.47 Å². The molecule has 0 unspecified atom stereocenters. The fourth-order valence-corrected chi connectivity index (χ4v) is 3.28. The molecule has 0 bridgehead atoms. The number of ether oxygens (including phenoxy) is 2. The predicted molar refractivity (Wildman–Crippen MR) is 93.4 cm³/mol. The van der Waals surface area contributed by atoms with Crippen LogP contribution in [0, 0.1) is 6.92 Å². The van der Waals surface area contributed by atoms with Crippen molar-refractivity contribution in [2.75, 3.05) is 21.3 Å². The van der Waals surface area contributed by atoms with E-state index in [1.807, 2.05) is 25.2 Å². The van der Waals surface area contributed by atoms with Crippen molar-refractivity contribution in [2.45, 2.75) is 26.3 Å². The SMILES string of the molecule is COc1cc(CCC(=O)N(C)Cc2sccc2C)cc(OC)c1. The fraction of sp³-hybridized carbons (Fsp3) is 0.389. The number of hydrogen-bond acceptors (Lipinski definition) is 4. The zero-order valence-electron chi connectivity index (χ0n) is 14.1. The van der Waals surface area contributed by atoms with E-state index in [0.29, 0.717) is 19.4 Å². The van der Waals surface area contributed by atoms with E-state index in [1.165, 1.54) is 10.4 Å². The summed E-state index contributed by atoms with van der Waals surface area (Å²) < 4.78 is 10.5. The maximum absolute atomic E-state index is 12.3. The molecule has 2 rings (SSSR count). The molecule has 0 radical (unpaired) electrons. The Balaban J connectivity index is 1.94. The first-order chi connectivity index (χ1) is 11.0. The first-order valence-electron chi connectivity index (χ1n) is 7.52. The second-order valence-electron chi connectivity index (χ2n) is 5.50.